The Hall–Kier alpha value is -1.86. The van der Waals surface area contributed by atoms with E-state index in [0.29, 0.717) is 25.9 Å². The number of hydrogen-bond donors (Lipinski definition) is 3. The molecular formula is C14H10Br2N2O3. The molecule has 0 aromatic heterocycles. The summed E-state index contributed by atoms with van der Waals surface area (Å²) < 4.78 is 1.07. The molecule has 21 heavy (non-hydrogen) atoms. The predicted octanol–water partition coefficient (Wildman–Crippen LogP) is 3.75. The SMILES string of the molecule is NC(=O)c1ccc(Nc2ccc(Br)c(C(=O)O)c2)cc1Br. The van der Waals surface area contributed by atoms with E-state index in [0.717, 1.165) is 0 Å². The number of halogens is 2. The van der Waals surface area contributed by atoms with E-state index in [2.05, 4.69) is 37.2 Å². The minimum atomic E-state index is -1.02. The molecule has 5 nitrogen and oxygen atoms in total. The number of carbonyl (C=O) groups excluding carboxylic acids is 1. The number of hydrogen-bond acceptors (Lipinski definition) is 3. The summed E-state index contributed by atoms with van der Waals surface area (Å²) in [5.74, 6) is -1.54. The molecule has 0 aliphatic rings. The smallest absolute Gasteiger partial charge is 0.336 e. The van der Waals surface area contributed by atoms with E-state index in [-0.39, 0.29) is 5.56 Å². The van der Waals surface area contributed by atoms with Gasteiger partial charge in [-0.3, -0.25) is 4.79 Å². The summed E-state index contributed by atoms with van der Waals surface area (Å²) in [6.45, 7) is 0. The van der Waals surface area contributed by atoms with Gasteiger partial charge in [0.05, 0.1) is 11.1 Å². The Kier molecular flexibility index (Phi) is 4.64. The quantitative estimate of drug-likeness (QED) is 0.711. The van der Waals surface area contributed by atoms with Crippen LogP contribution in [0.3, 0.4) is 0 Å². The lowest BCUT2D eigenvalue weighted by Gasteiger charge is -2.10. The van der Waals surface area contributed by atoms with Crippen LogP contribution in [0.15, 0.2) is 45.3 Å². The van der Waals surface area contributed by atoms with Crippen molar-refractivity contribution in [1.29, 1.82) is 0 Å². The highest BCUT2D eigenvalue weighted by Crippen LogP contribution is 2.26. The third kappa shape index (κ3) is 3.62. The van der Waals surface area contributed by atoms with E-state index in [1.54, 1.807) is 30.3 Å². The standard InChI is InChI=1S/C14H10Br2N2O3/c15-11-4-2-7(5-10(11)14(20)21)18-8-1-3-9(13(17)19)12(16)6-8/h1-6,18H,(H2,17,19)(H,20,21). The summed E-state index contributed by atoms with van der Waals surface area (Å²) in [4.78, 5) is 22.2. The van der Waals surface area contributed by atoms with Crippen LogP contribution < -0.4 is 11.1 Å². The monoisotopic (exact) mass is 412 g/mol. The molecule has 0 bridgehead atoms. The van der Waals surface area contributed by atoms with Crippen LogP contribution >= 0.6 is 31.9 Å². The molecule has 1 amide bonds. The van der Waals surface area contributed by atoms with Crippen molar-refractivity contribution in [3.05, 3.63) is 56.5 Å². The summed E-state index contributed by atoms with van der Waals surface area (Å²) in [6.07, 6.45) is 0. The van der Waals surface area contributed by atoms with E-state index in [1.807, 2.05) is 0 Å². The van der Waals surface area contributed by atoms with Crippen molar-refractivity contribution in [3.63, 3.8) is 0 Å². The number of carboxylic acid groups (broad SMARTS) is 1. The lowest BCUT2D eigenvalue weighted by molar-refractivity contribution is 0.0695. The second kappa shape index (κ2) is 6.28. The maximum absolute atomic E-state index is 11.1. The Morgan fingerprint density at radius 1 is 0.952 bits per heavy atom. The van der Waals surface area contributed by atoms with Gasteiger partial charge < -0.3 is 16.2 Å². The minimum absolute atomic E-state index is 0.160. The van der Waals surface area contributed by atoms with Crippen molar-refractivity contribution in [2.24, 2.45) is 5.73 Å². The first-order valence-electron chi connectivity index (χ1n) is 5.77. The second-order valence-electron chi connectivity index (χ2n) is 4.18. The largest absolute Gasteiger partial charge is 0.478 e. The molecule has 0 fully saturated rings. The number of carbonyl (C=O) groups is 2. The Morgan fingerprint density at radius 3 is 2.14 bits per heavy atom. The van der Waals surface area contributed by atoms with E-state index in [1.165, 1.54) is 6.07 Å². The van der Waals surface area contributed by atoms with Crippen LogP contribution in [0.25, 0.3) is 0 Å². The summed E-state index contributed by atoms with van der Waals surface area (Å²) in [6, 6.07) is 9.88. The fourth-order valence-electron chi connectivity index (χ4n) is 1.73. The van der Waals surface area contributed by atoms with Crippen LogP contribution in [0, 0.1) is 0 Å². The highest BCUT2D eigenvalue weighted by molar-refractivity contribution is 9.10. The Labute approximate surface area is 137 Å². The average Bonchev–Trinajstić information content (AvgIpc) is 2.40. The fraction of sp³-hybridized carbons (Fsp3) is 0. The number of benzene rings is 2. The number of primary amides is 1. The molecule has 2 aromatic rings. The number of carboxylic acids is 1. The Bertz CT molecular complexity index is 732. The minimum Gasteiger partial charge on any atom is -0.478 e. The summed E-state index contributed by atoms with van der Waals surface area (Å²) in [7, 11) is 0. The molecule has 0 saturated heterocycles. The van der Waals surface area contributed by atoms with Gasteiger partial charge in [-0.05, 0) is 68.3 Å². The number of amides is 1. The molecule has 7 heteroatoms. The van der Waals surface area contributed by atoms with Gasteiger partial charge in [-0.1, -0.05) is 0 Å². The van der Waals surface area contributed by atoms with Crippen LogP contribution in [-0.2, 0) is 0 Å². The van der Waals surface area contributed by atoms with E-state index < -0.39 is 11.9 Å². The van der Waals surface area contributed by atoms with Crippen molar-refractivity contribution in [3.8, 4) is 0 Å². The summed E-state index contributed by atoms with van der Waals surface area (Å²) in [5, 5.41) is 12.1. The van der Waals surface area contributed by atoms with Crippen LogP contribution in [-0.4, -0.2) is 17.0 Å². The summed E-state index contributed by atoms with van der Waals surface area (Å²) >= 11 is 6.45. The number of anilines is 2. The molecule has 0 heterocycles. The molecule has 0 radical (unpaired) electrons. The van der Waals surface area contributed by atoms with Gasteiger partial charge in [0.15, 0.2) is 0 Å². The van der Waals surface area contributed by atoms with Crippen molar-refractivity contribution in [1.82, 2.24) is 0 Å². The van der Waals surface area contributed by atoms with Crippen molar-refractivity contribution < 1.29 is 14.7 Å². The molecule has 0 atom stereocenters. The topological polar surface area (TPSA) is 92.4 Å². The number of nitrogens with two attached hydrogens (primary N) is 1. The molecule has 4 N–H and O–H groups in total. The highest BCUT2D eigenvalue weighted by atomic mass is 79.9. The Morgan fingerprint density at radius 2 is 1.57 bits per heavy atom. The first kappa shape index (κ1) is 15.5. The molecule has 0 aliphatic heterocycles. The van der Waals surface area contributed by atoms with Gasteiger partial charge >= 0.3 is 5.97 Å². The van der Waals surface area contributed by atoms with Crippen LogP contribution in [0.2, 0.25) is 0 Å². The zero-order valence-electron chi connectivity index (χ0n) is 10.6. The number of aromatic carboxylic acids is 1. The molecular weight excluding hydrogens is 404 g/mol. The average molecular weight is 414 g/mol. The van der Waals surface area contributed by atoms with Gasteiger partial charge in [-0.25, -0.2) is 4.79 Å². The maximum Gasteiger partial charge on any atom is 0.336 e. The molecule has 0 unspecified atom stereocenters. The molecule has 0 spiro atoms. The lowest BCUT2D eigenvalue weighted by Crippen LogP contribution is -2.11. The normalized spacial score (nSPS) is 10.2. The maximum atomic E-state index is 11.1. The predicted molar refractivity (Wildman–Crippen MR) is 87.0 cm³/mol. The van der Waals surface area contributed by atoms with E-state index in [4.69, 9.17) is 10.8 Å². The van der Waals surface area contributed by atoms with Crippen molar-refractivity contribution >= 4 is 55.1 Å². The van der Waals surface area contributed by atoms with Gasteiger partial charge in [-0.15, -0.1) is 0 Å². The van der Waals surface area contributed by atoms with Crippen molar-refractivity contribution in [2.45, 2.75) is 0 Å². The number of nitrogens with one attached hydrogen (secondary N) is 1. The molecule has 108 valence electrons. The lowest BCUT2D eigenvalue weighted by atomic mass is 10.1. The van der Waals surface area contributed by atoms with Gasteiger partial charge in [0.2, 0.25) is 5.91 Å². The first-order chi connectivity index (χ1) is 9.88. The van der Waals surface area contributed by atoms with Crippen LogP contribution in [0.1, 0.15) is 20.7 Å². The number of rotatable bonds is 4. The van der Waals surface area contributed by atoms with Gasteiger partial charge in [0, 0.05) is 20.3 Å². The first-order valence-corrected chi connectivity index (χ1v) is 7.36. The zero-order valence-corrected chi connectivity index (χ0v) is 13.7. The van der Waals surface area contributed by atoms with Gasteiger partial charge in [-0.2, -0.15) is 0 Å². The summed E-state index contributed by atoms with van der Waals surface area (Å²) in [5.41, 5.74) is 7.08. The van der Waals surface area contributed by atoms with Gasteiger partial charge in [0.1, 0.15) is 0 Å². The Balaban J connectivity index is 2.30. The van der Waals surface area contributed by atoms with E-state index in [9.17, 15) is 9.59 Å². The van der Waals surface area contributed by atoms with Crippen molar-refractivity contribution in [2.75, 3.05) is 5.32 Å². The second-order valence-corrected chi connectivity index (χ2v) is 5.89. The highest BCUT2D eigenvalue weighted by Gasteiger charge is 2.10. The third-order valence-corrected chi connectivity index (χ3v) is 4.07. The van der Waals surface area contributed by atoms with Crippen LogP contribution in [0.5, 0.6) is 0 Å². The van der Waals surface area contributed by atoms with Gasteiger partial charge in [0.25, 0.3) is 0 Å². The molecule has 2 rings (SSSR count). The molecule has 0 saturated carbocycles. The third-order valence-electron chi connectivity index (χ3n) is 2.72. The fourth-order valence-corrected chi connectivity index (χ4v) is 2.72. The molecule has 0 aliphatic carbocycles. The molecule has 2 aromatic carbocycles. The van der Waals surface area contributed by atoms with E-state index >= 15 is 0 Å². The van der Waals surface area contributed by atoms with Crippen LogP contribution in [0.4, 0.5) is 11.4 Å². The zero-order chi connectivity index (χ0) is 15.6.